The molecule has 1 aromatic carbocycles. The van der Waals surface area contributed by atoms with Gasteiger partial charge < -0.3 is 20.1 Å². The Hall–Kier alpha value is -2.93. The van der Waals surface area contributed by atoms with Crippen molar-refractivity contribution in [2.75, 3.05) is 11.9 Å². The second kappa shape index (κ2) is 9.71. The monoisotopic (exact) mass is 409 g/mol. The zero-order chi connectivity index (χ0) is 20.8. The predicted molar refractivity (Wildman–Crippen MR) is 112 cm³/mol. The lowest BCUT2D eigenvalue weighted by atomic mass is 10.1. The van der Waals surface area contributed by atoms with E-state index in [-0.39, 0.29) is 17.9 Å². The quantitative estimate of drug-likeness (QED) is 0.731. The zero-order valence-corrected chi connectivity index (χ0v) is 16.9. The van der Waals surface area contributed by atoms with E-state index < -0.39 is 6.10 Å². The molecule has 30 heavy (non-hydrogen) atoms. The van der Waals surface area contributed by atoms with Crippen molar-refractivity contribution in [1.29, 1.82) is 0 Å². The molecule has 158 valence electrons. The van der Waals surface area contributed by atoms with Gasteiger partial charge in [0.2, 0.25) is 5.88 Å². The van der Waals surface area contributed by atoms with Crippen LogP contribution in [0.2, 0.25) is 0 Å². The van der Waals surface area contributed by atoms with Crippen molar-refractivity contribution >= 4 is 17.5 Å². The van der Waals surface area contributed by atoms with Crippen LogP contribution in [-0.4, -0.2) is 35.6 Å². The second-order valence-electron chi connectivity index (χ2n) is 7.75. The van der Waals surface area contributed by atoms with Crippen LogP contribution in [0.4, 0.5) is 5.69 Å². The lowest BCUT2D eigenvalue weighted by molar-refractivity contribution is -0.124. The average molecular weight is 409 g/mol. The van der Waals surface area contributed by atoms with Crippen molar-refractivity contribution in [3.63, 3.8) is 0 Å². The summed E-state index contributed by atoms with van der Waals surface area (Å²) >= 11 is 0. The Morgan fingerprint density at radius 1 is 1.10 bits per heavy atom. The van der Waals surface area contributed by atoms with E-state index in [1.807, 2.05) is 12.1 Å². The fraction of sp³-hybridized carbons (Fsp3) is 0.435. The number of anilines is 1. The molecule has 2 aromatic rings. The summed E-state index contributed by atoms with van der Waals surface area (Å²) in [5.74, 6) is 0.190. The summed E-state index contributed by atoms with van der Waals surface area (Å²) in [6.07, 6.45) is 7.58. The summed E-state index contributed by atoms with van der Waals surface area (Å²) in [5, 5.41) is 5.75. The molecule has 1 saturated carbocycles. The first kappa shape index (κ1) is 20.3. The number of nitrogens with zero attached hydrogens (tertiary/aromatic N) is 1. The molecule has 0 spiro atoms. The first-order chi connectivity index (χ1) is 14.7. The number of hydrogen-bond acceptors (Lipinski definition) is 5. The summed E-state index contributed by atoms with van der Waals surface area (Å²) in [5.41, 5.74) is 1.90. The number of amides is 2. The van der Waals surface area contributed by atoms with Gasteiger partial charge in [-0.05, 0) is 62.8 Å². The molecule has 1 atom stereocenters. The van der Waals surface area contributed by atoms with Crippen LogP contribution < -0.4 is 15.4 Å². The standard InChI is InChI=1S/C23H27N3O4/c27-21(16-6-3-8-18(14-16)26-22(28)20-11-5-13-29-20)25-15-17-7-4-12-24-23(17)30-19-9-1-2-10-19/h3-4,6-8,12,14,19-20H,1-2,5,9-11,13,15H2,(H,25,27)(H,26,28)/t20-/m1/s1. The van der Waals surface area contributed by atoms with E-state index in [0.717, 1.165) is 31.2 Å². The van der Waals surface area contributed by atoms with E-state index in [2.05, 4.69) is 15.6 Å². The number of carbonyl (C=O) groups excluding carboxylic acids is 2. The van der Waals surface area contributed by atoms with Crippen LogP contribution in [0.25, 0.3) is 0 Å². The summed E-state index contributed by atoms with van der Waals surface area (Å²) in [7, 11) is 0. The van der Waals surface area contributed by atoms with Gasteiger partial charge in [-0.15, -0.1) is 0 Å². The molecular formula is C23H27N3O4. The van der Waals surface area contributed by atoms with Gasteiger partial charge in [-0.25, -0.2) is 4.98 Å². The van der Waals surface area contributed by atoms with Crippen LogP contribution in [0.1, 0.15) is 54.4 Å². The number of aromatic nitrogens is 1. The molecule has 2 aliphatic rings. The normalized spacial score (nSPS) is 18.9. The number of rotatable bonds is 7. The Labute approximate surface area is 176 Å². The summed E-state index contributed by atoms with van der Waals surface area (Å²) < 4.78 is 11.4. The number of ether oxygens (including phenoxy) is 2. The Morgan fingerprint density at radius 3 is 2.77 bits per heavy atom. The van der Waals surface area contributed by atoms with Crippen LogP contribution in [0.5, 0.6) is 5.88 Å². The molecule has 2 fully saturated rings. The first-order valence-corrected chi connectivity index (χ1v) is 10.6. The molecule has 2 heterocycles. The van der Waals surface area contributed by atoms with Crippen LogP contribution >= 0.6 is 0 Å². The summed E-state index contributed by atoms with van der Waals surface area (Å²) in [6, 6.07) is 10.6. The van der Waals surface area contributed by atoms with Gasteiger partial charge in [0.25, 0.3) is 11.8 Å². The van der Waals surface area contributed by atoms with Crippen LogP contribution in [-0.2, 0) is 16.1 Å². The minimum Gasteiger partial charge on any atom is -0.474 e. The topological polar surface area (TPSA) is 89.5 Å². The van der Waals surface area contributed by atoms with Gasteiger partial charge >= 0.3 is 0 Å². The van der Waals surface area contributed by atoms with Crippen molar-refractivity contribution in [2.45, 2.75) is 57.3 Å². The molecule has 4 rings (SSSR count). The molecule has 2 amide bonds. The van der Waals surface area contributed by atoms with E-state index in [1.54, 1.807) is 30.5 Å². The van der Waals surface area contributed by atoms with E-state index in [4.69, 9.17) is 9.47 Å². The van der Waals surface area contributed by atoms with Crippen molar-refractivity contribution in [3.05, 3.63) is 53.7 Å². The molecule has 1 aromatic heterocycles. The lowest BCUT2D eigenvalue weighted by Gasteiger charge is -2.15. The number of pyridine rings is 1. The molecule has 0 unspecified atom stereocenters. The summed E-state index contributed by atoms with van der Waals surface area (Å²) in [4.78, 5) is 29.2. The SMILES string of the molecule is O=C(NCc1cccnc1OC1CCCC1)c1cccc(NC(=O)[C@H]2CCCO2)c1. The molecule has 7 heteroatoms. The molecule has 1 saturated heterocycles. The highest BCUT2D eigenvalue weighted by Crippen LogP contribution is 2.25. The van der Waals surface area contributed by atoms with Gasteiger partial charge in [0, 0.05) is 36.2 Å². The molecule has 1 aliphatic carbocycles. The van der Waals surface area contributed by atoms with E-state index in [1.165, 1.54) is 12.8 Å². The number of benzene rings is 1. The maximum atomic E-state index is 12.7. The fourth-order valence-corrected chi connectivity index (χ4v) is 3.85. The fourth-order valence-electron chi connectivity index (χ4n) is 3.85. The molecule has 0 bridgehead atoms. The average Bonchev–Trinajstić information content (AvgIpc) is 3.47. The van der Waals surface area contributed by atoms with Crippen molar-refractivity contribution in [1.82, 2.24) is 10.3 Å². The Bertz CT molecular complexity index is 890. The summed E-state index contributed by atoms with van der Waals surface area (Å²) in [6.45, 7) is 0.933. The zero-order valence-electron chi connectivity index (χ0n) is 16.9. The third-order valence-electron chi connectivity index (χ3n) is 5.48. The van der Waals surface area contributed by atoms with Crippen LogP contribution in [0.3, 0.4) is 0 Å². The maximum absolute atomic E-state index is 12.7. The van der Waals surface area contributed by atoms with Gasteiger partial charge in [0.1, 0.15) is 12.2 Å². The second-order valence-corrected chi connectivity index (χ2v) is 7.75. The third kappa shape index (κ3) is 5.16. The molecule has 0 radical (unpaired) electrons. The Kier molecular flexibility index (Phi) is 6.59. The van der Waals surface area contributed by atoms with Crippen molar-refractivity contribution in [3.8, 4) is 5.88 Å². The molecule has 1 aliphatic heterocycles. The van der Waals surface area contributed by atoms with Gasteiger partial charge in [0.05, 0.1) is 0 Å². The van der Waals surface area contributed by atoms with Gasteiger partial charge in [-0.3, -0.25) is 9.59 Å². The van der Waals surface area contributed by atoms with Crippen molar-refractivity contribution < 1.29 is 19.1 Å². The van der Waals surface area contributed by atoms with Gasteiger partial charge in [-0.2, -0.15) is 0 Å². The first-order valence-electron chi connectivity index (χ1n) is 10.6. The van der Waals surface area contributed by atoms with Crippen LogP contribution in [0, 0.1) is 0 Å². The highest BCUT2D eigenvalue weighted by atomic mass is 16.5. The number of hydrogen-bond donors (Lipinski definition) is 2. The smallest absolute Gasteiger partial charge is 0.253 e. The third-order valence-corrected chi connectivity index (χ3v) is 5.48. The predicted octanol–water partition coefficient (Wildman–Crippen LogP) is 3.45. The van der Waals surface area contributed by atoms with Crippen molar-refractivity contribution in [2.24, 2.45) is 0 Å². The van der Waals surface area contributed by atoms with E-state index >= 15 is 0 Å². The highest BCUT2D eigenvalue weighted by Gasteiger charge is 2.23. The van der Waals surface area contributed by atoms with Gasteiger partial charge in [0.15, 0.2) is 0 Å². The number of carbonyl (C=O) groups is 2. The number of nitrogens with one attached hydrogen (secondary N) is 2. The van der Waals surface area contributed by atoms with E-state index in [9.17, 15) is 9.59 Å². The minimum absolute atomic E-state index is 0.172. The molecular weight excluding hydrogens is 382 g/mol. The minimum atomic E-state index is -0.411. The highest BCUT2D eigenvalue weighted by molar-refractivity contribution is 5.98. The Morgan fingerprint density at radius 2 is 1.97 bits per heavy atom. The van der Waals surface area contributed by atoms with Gasteiger partial charge in [-0.1, -0.05) is 12.1 Å². The maximum Gasteiger partial charge on any atom is 0.253 e. The lowest BCUT2D eigenvalue weighted by Crippen LogP contribution is -2.27. The van der Waals surface area contributed by atoms with Crippen LogP contribution in [0.15, 0.2) is 42.6 Å². The van der Waals surface area contributed by atoms with E-state index in [0.29, 0.717) is 30.3 Å². The molecule has 2 N–H and O–H groups in total. The molecule has 7 nitrogen and oxygen atoms in total. The largest absolute Gasteiger partial charge is 0.474 e. The Balaban J connectivity index is 1.36.